The molecule has 206 valence electrons. The average molecular weight is 531 g/mol. The van der Waals surface area contributed by atoms with E-state index in [9.17, 15) is 9.59 Å². The van der Waals surface area contributed by atoms with E-state index in [4.69, 9.17) is 10.8 Å². The molecule has 3 aromatic rings. The van der Waals surface area contributed by atoms with Crippen molar-refractivity contribution in [3.63, 3.8) is 0 Å². The first-order chi connectivity index (χ1) is 18.7. The van der Waals surface area contributed by atoms with Crippen LogP contribution in [0.1, 0.15) is 38.2 Å². The molecule has 2 atom stereocenters. The predicted molar refractivity (Wildman–Crippen MR) is 156 cm³/mol. The summed E-state index contributed by atoms with van der Waals surface area (Å²) in [5.74, 6) is 0.843. The Hall–Kier alpha value is -3.82. The number of likely N-dealkylation sites (tertiary alicyclic amines) is 1. The number of nitrogens with one attached hydrogen (secondary N) is 1. The molecule has 0 spiro atoms. The van der Waals surface area contributed by atoms with E-state index in [2.05, 4.69) is 39.9 Å². The van der Waals surface area contributed by atoms with Gasteiger partial charge in [0, 0.05) is 42.9 Å². The molecule has 0 bridgehead atoms. The van der Waals surface area contributed by atoms with Gasteiger partial charge in [0.25, 0.3) is 5.91 Å². The van der Waals surface area contributed by atoms with Crippen LogP contribution in [0.15, 0.2) is 48.8 Å². The molecule has 5 rings (SSSR count). The highest BCUT2D eigenvalue weighted by Crippen LogP contribution is 2.42. The summed E-state index contributed by atoms with van der Waals surface area (Å²) in [6.07, 6.45) is 8.13. The van der Waals surface area contributed by atoms with E-state index in [-0.39, 0.29) is 11.8 Å². The zero-order valence-electron chi connectivity index (χ0n) is 23.0. The zero-order valence-corrected chi connectivity index (χ0v) is 23.0. The number of aromatic nitrogens is 3. The Morgan fingerprint density at radius 2 is 1.97 bits per heavy atom. The van der Waals surface area contributed by atoms with Crippen molar-refractivity contribution in [1.82, 2.24) is 19.4 Å². The monoisotopic (exact) mass is 530 g/mol. The van der Waals surface area contributed by atoms with Gasteiger partial charge in [-0.3, -0.25) is 4.79 Å². The van der Waals surface area contributed by atoms with Crippen molar-refractivity contribution < 1.29 is 14.7 Å². The van der Waals surface area contributed by atoms with Crippen molar-refractivity contribution in [2.75, 3.05) is 37.8 Å². The van der Waals surface area contributed by atoms with E-state index >= 15 is 0 Å². The number of nitrogens with two attached hydrogens (primary N) is 1. The van der Waals surface area contributed by atoms with E-state index in [1.54, 1.807) is 6.92 Å². The molecular formula is C30H38N6O3. The fraction of sp³-hybridized carbons (Fsp3) is 0.400. The Morgan fingerprint density at radius 3 is 2.51 bits per heavy atom. The number of benzene rings is 1. The number of aryl methyl sites for hydroxylation is 1. The molecule has 2 aliphatic rings. The summed E-state index contributed by atoms with van der Waals surface area (Å²) in [4.78, 5) is 34.1. The molecule has 9 heteroatoms. The molecule has 39 heavy (non-hydrogen) atoms. The number of carbonyl (C=O) groups excluding carboxylic acids is 2. The number of fused-ring (bicyclic) bond motifs is 1. The minimum atomic E-state index is -0.210. The van der Waals surface area contributed by atoms with Crippen LogP contribution in [0.5, 0.6) is 0 Å². The smallest absolute Gasteiger partial charge is 0.250 e. The Bertz CT molecular complexity index is 1390. The number of aliphatic hydroxyl groups excluding tert-OH is 1. The lowest BCUT2D eigenvalue weighted by Crippen LogP contribution is -2.15. The number of hydrogen-bond donors (Lipinski definition) is 3. The summed E-state index contributed by atoms with van der Waals surface area (Å²) in [5.41, 5.74) is 12.3. The topological polar surface area (TPSA) is 126 Å². The highest BCUT2D eigenvalue weighted by Gasteiger charge is 2.25. The van der Waals surface area contributed by atoms with Crippen molar-refractivity contribution in [3.8, 4) is 11.3 Å². The molecule has 1 aliphatic carbocycles. The van der Waals surface area contributed by atoms with Crippen LogP contribution >= 0.6 is 0 Å². The van der Waals surface area contributed by atoms with E-state index in [0.717, 1.165) is 65.6 Å². The number of amides is 1. The second-order valence-corrected chi connectivity index (χ2v) is 10.6. The number of anilines is 2. The number of aldehydes is 1. The summed E-state index contributed by atoms with van der Waals surface area (Å²) in [6.45, 7) is 7.94. The highest BCUT2D eigenvalue weighted by molar-refractivity contribution is 6.05. The fourth-order valence-corrected chi connectivity index (χ4v) is 5.26. The molecule has 4 N–H and O–H groups in total. The Morgan fingerprint density at radius 1 is 1.23 bits per heavy atom. The SMILES string of the molecule is C=C(C)C(=O)Nc1ccc(-c2c(C3=CC[C@@H](C=O)CC3)c3c(N)ncnc3n2C)cc1.CN1CC[C@@H](CO)C1. The fourth-order valence-electron chi connectivity index (χ4n) is 5.26. The Labute approximate surface area is 229 Å². The summed E-state index contributed by atoms with van der Waals surface area (Å²) in [6, 6.07) is 7.66. The van der Waals surface area contributed by atoms with Gasteiger partial charge in [-0.1, -0.05) is 24.8 Å². The van der Waals surface area contributed by atoms with Crippen molar-refractivity contribution in [3.05, 3.63) is 54.4 Å². The summed E-state index contributed by atoms with van der Waals surface area (Å²) >= 11 is 0. The van der Waals surface area contributed by atoms with Crippen LogP contribution < -0.4 is 11.1 Å². The maximum absolute atomic E-state index is 11.9. The normalized spacial score (nSPS) is 19.2. The third-order valence-corrected chi connectivity index (χ3v) is 7.51. The average Bonchev–Trinajstić information content (AvgIpc) is 3.50. The van der Waals surface area contributed by atoms with Crippen molar-refractivity contribution in [1.29, 1.82) is 0 Å². The lowest BCUT2D eigenvalue weighted by molar-refractivity contribution is -0.113. The Kier molecular flexibility index (Phi) is 8.93. The van der Waals surface area contributed by atoms with Gasteiger partial charge in [-0.15, -0.1) is 0 Å². The van der Waals surface area contributed by atoms with Gasteiger partial charge in [-0.25, -0.2) is 9.97 Å². The van der Waals surface area contributed by atoms with Crippen LogP contribution in [0.3, 0.4) is 0 Å². The van der Waals surface area contributed by atoms with Crippen LogP contribution in [0.4, 0.5) is 11.5 Å². The molecule has 1 aromatic carbocycles. The van der Waals surface area contributed by atoms with Crippen molar-refractivity contribution in [2.45, 2.75) is 32.6 Å². The molecular weight excluding hydrogens is 492 g/mol. The number of aliphatic hydroxyl groups is 1. The molecule has 0 saturated carbocycles. The number of rotatable bonds is 6. The minimum absolute atomic E-state index is 0.0620. The number of nitrogen functional groups attached to an aromatic ring is 1. The van der Waals surface area contributed by atoms with Gasteiger partial charge in [0.15, 0.2) is 0 Å². The van der Waals surface area contributed by atoms with E-state index in [1.807, 2.05) is 35.9 Å². The maximum atomic E-state index is 11.9. The number of nitrogens with zero attached hydrogens (tertiary/aromatic N) is 4. The van der Waals surface area contributed by atoms with Crippen molar-refractivity contribution >= 4 is 40.3 Å². The second-order valence-electron chi connectivity index (χ2n) is 10.6. The number of allylic oxidation sites excluding steroid dienone is 2. The molecule has 0 unspecified atom stereocenters. The second kappa shape index (κ2) is 12.4. The van der Waals surface area contributed by atoms with Gasteiger partial charge in [0.2, 0.25) is 0 Å². The first kappa shape index (κ1) is 28.2. The van der Waals surface area contributed by atoms with Crippen molar-refractivity contribution in [2.24, 2.45) is 18.9 Å². The first-order valence-electron chi connectivity index (χ1n) is 13.3. The maximum Gasteiger partial charge on any atom is 0.250 e. The molecule has 9 nitrogen and oxygen atoms in total. The highest BCUT2D eigenvalue weighted by atomic mass is 16.3. The van der Waals surface area contributed by atoms with Gasteiger partial charge >= 0.3 is 0 Å². The molecule has 0 radical (unpaired) electrons. The molecule has 1 amide bonds. The molecule has 3 heterocycles. The molecule has 1 saturated heterocycles. The molecule has 1 aliphatic heterocycles. The van der Waals surface area contributed by atoms with Crippen LogP contribution in [0.2, 0.25) is 0 Å². The first-order valence-corrected chi connectivity index (χ1v) is 13.3. The third kappa shape index (κ3) is 6.26. The zero-order chi connectivity index (χ0) is 28.1. The molecule has 1 fully saturated rings. The Balaban J connectivity index is 0.000000379. The number of carbonyl (C=O) groups is 2. The third-order valence-electron chi connectivity index (χ3n) is 7.51. The van der Waals surface area contributed by atoms with Crippen LogP contribution in [0, 0.1) is 11.8 Å². The largest absolute Gasteiger partial charge is 0.396 e. The summed E-state index contributed by atoms with van der Waals surface area (Å²) in [7, 11) is 4.05. The quantitative estimate of drug-likeness (QED) is 0.324. The summed E-state index contributed by atoms with van der Waals surface area (Å²) in [5, 5.41) is 12.3. The van der Waals surface area contributed by atoms with E-state index in [0.29, 0.717) is 36.0 Å². The van der Waals surface area contributed by atoms with Crippen LogP contribution in [0.25, 0.3) is 27.9 Å². The van der Waals surface area contributed by atoms with Gasteiger partial charge in [-0.05, 0) is 75.4 Å². The summed E-state index contributed by atoms with van der Waals surface area (Å²) < 4.78 is 2.02. The van der Waals surface area contributed by atoms with Gasteiger partial charge < -0.3 is 30.4 Å². The molecule has 2 aromatic heterocycles. The van der Waals surface area contributed by atoms with E-state index < -0.39 is 0 Å². The van der Waals surface area contributed by atoms with Crippen LogP contribution in [-0.4, -0.2) is 63.5 Å². The minimum Gasteiger partial charge on any atom is -0.396 e. The lowest BCUT2D eigenvalue weighted by atomic mass is 9.85. The standard InChI is InChI=1S/C24H25N5O2.C6H13NO/c1-14(2)24(31)28-18-10-8-17(9-11-18)21-19(16-6-4-15(12-30)5-7-16)20-22(25)26-13-27-23(20)29(21)3;1-7-3-2-6(4-7)5-8/h6,8-13,15H,1,4-5,7H2,2-3H3,(H,28,31)(H2,25,26,27);6,8H,2-5H2,1H3/t15-;6-/m11/s1. The van der Waals surface area contributed by atoms with Gasteiger partial charge in [-0.2, -0.15) is 0 Å². The predicted octanol–water partition coefficient (Wildman–Crippen LogP) is 4.04. The van der Waals surface area contributed by atoms with Gasteiger partial charge in [0.1, 0.15) is 24.1 Å². The van der Waals surface area contributed by atoms with Gasteiger partial charge in [0.05, 0.1) is 11.1 Å². The lowest BCUT2D eigenvalue weighted by Gasteiger charge is -2.19. The number of hydrogen-bond acceptors (Lipinski definition) is 7. The van der Waals surface area contributed by atoms with E-state index in [1.165, 1.54) is 12.7 Å². The van der Waals surface area contributed by atoms with Crippen LogP contribution in [-0.2, 0) is 16.6 Å².